The molecule has 0 aliphatic heterocycles. The van der Waals surface area contributed by atoms with Gasteiger partial charge >= 0.3 is 5.97 Å². The first-order chi connectivity index (χ1) is 10.5. The first-order valence-electron chi connectivity index (χ1n) is 6.68. The molecular formula is C15H14N4O2S. The number of carboxylic acids is 1. The fourth-order valence-electron chi connectivity index (χ4n) is 2.08. The first kappa shape index (κ1) is 14.4. The molecule has 0 saturated carbocycles. The van der Waals surface area contributed by atoms with Gasteiger partial charge in [-0.1, -0.05) is 46.4 Å². The van der Waals surface area contributed by atoms with Crippen molar-refractivity contribution >= 4 is 17.3 Å². The standard InChI is InChI=1S/C15H14N4O2S/c1-8-4-6-11(7-5-8)13-12(14(20)21)17-18-19(13)15-16-9(2)10(3)22-15/h4-7H,1-3H3,(H,20,21). The van der Waals surface area contributed by atoms with Crippen LogP contribution in [0.15, 0.2) is 24.3 Å². The van der Waals surface area contributed by atoms with Crippen LogP contribution in [0.5, 0.6) is 0 Å². The number of carbonyl (C=O) groups is 1. The molecule has 0 radical (unpaired) electrons. The van der Waals surface area contributed by atoms with E-state index in [0.29, 0.717) is 10.8 Å². The molecular weight excluding hydrogens is 300 g/mol. The van der Waals surface area contributed by atoms with E-state index in [1.165, 1.54) is 16.0 Å². The number of aromatic nitrogens is 4. The fraction of sp³-hybridized carbons (Fsp3) is 0.200. The molecule has 0 fully saturated rings. The normalized spacial score (nSPS) is 10.9. The maximum absolute atomic E-state index is 11.4. The molecule has 3 aromatic rings. The van der Waals surface area contributed by atoms with Crippen LogP contribution in [0, 0.1) is 20.8 Å². The minimum atomic E-state index is -1.10. The van der Waals surface area contributed by atoms with Gasteiger partial charge in [-0.2, -0.15) is 4.68 Å². The van der Waals surface area contributed by atoms with Gasteiger partial charge in [0, 0.05) is 10.4 Å². The summed E-state index contributed by atoms with van der Waals surface area (Å²) in [5, 5.41) is 17.8. The molecule has 0 aliphatic carbocycles. The number of hydrogen-bond acceptors (Lipinski definition) is 5. The topological polar surface area (TPSA) is 80.9 Å². The molecule has 1 N–H and O–H groups in total. The first-order valence-corrected chi connectivity index (χ1v) is 7.49. The number of carboxylic acid groups (broad SMARTS) is 1. The van der Waals surface area contributed by atoms with Gasteiger partial charge in [-0.25, -0.2) is 9.78 Å². The average Bonchev–Trinajstić information content (AvgIpc) is 3.04. The molecule has 2 heterocycles. The van der Waals surface area contributed by atoms with Crippen molar-refractivity contribution in [3.8, 4) is 16.4 Å². The molecule has 3 rings (SSSR count). The number of nitrogens with zero attached hydrogens (tertiary/aromatic N) is 4. The molecule has 2 aromatic heterocycles. The predicted octanol–water partition coefficient (Wildman–Crippen LogP) is 3.01. The summed E-state index contributed by atoms with van der Waals surface area (Å²) in [5.41, 5.74) is 3.12. The Morgan fingerprint density at radius 2 is 1.86 bits per heavy atom. The van der Waals surface area contributed by atoms with Crippen molar-refractivity contribution in [3.63, 3.8) is 0 Å². The van der Waals surface area contributed by atoms with Crippen LogP contribution >= 0.6 is 11.3 Å². The summed E-state index contributed by atoms with van der Waals surface area (Å²) in [4.78, 5) is 17.0. The van der Waals surface area contributed by atoms with Crippen LogP contribution in [0.25, 0.3) is 16.4 Å². The molecule has 1 aromatic carbocycles. The van der Waals surface area contributed by atoms with Crippen molar-refractivity contribution in [2.75, 3.05) is 0 Å². The van der Waals surface area contributed by atoms with Gasteiger partial charge in [0.25, 0.3) is 0 Å². The van der Waals surface area contributed by atoms with E-state index in [2.05, 4.69) is 15.3 Å². The van der Waals surface area contributed by atoms with Crippen molar-refractivity contribution in [1.82, 2.24) is 20.0 Å². The second-order valence-electron chi connectivity index (χ2n) is 5.01. The third-order valence-corrected chi connectivity index (χ3v) is 4.44. The van der Waals surface area contributed by atoms with Crippen molar-refractivity contribution in [1.29, 1.82) is 0 Å². The van der Waals surface area contributed by atoms with Gasteiger partial charge in [-0.05, 0) is 20.8 Å². The zero-order valence-electron chi connectivity index (χ0n) is 12.4. The molecule has 0 saturated heterocycles. The van der Waals surface area contributed by atoms with Crippen molar-refractivity contribution in [2.24, 2.45) is 0 Å². The highest BCUT2D eigenvalue weighted by Gasteiger charge is 2.23. The van der Waals surface area contributed by atoms with Gasteiger partial charge in [-0.3, -0.25) is 0 Å². The summed E-state index contributed by atoms with van der Waals surface area (Å²) in [6.07, 6.45) is 0. The molecule has 0 unspecified atom stereocenters. The van der Waals surface area contributed by atoms with E-state index in [1.54, 1.807) is 0 Å². The number of thiazole rings is 1. The van der Waals surface area contributed by atoms with Crippen LogP contribution < -0.4 is 0 Å². The van der Waals surface area contributed by atoms with E-state index in [4.69, 9.17) is 0 Å². The van der Waals surface area contributed by atoms with Crippen LogP contribution in [0.3, 0.4) is 0 Å². The Morgan fingerprint density at radius 1 is 1.18 bits per heavy atom. The van der Waals surface area contributed by atoms with Gasteiger partial charge in [-0.15, -0.1) is 5.10 Å². The molecule has 0 bridgehead atoms. The van der Waals surface area contributed by atoms with Crippen LogP contribution in [0.2, 0.25) is 0 Å². The SMILES string of the molecule is Cc1ccc(-c2c(C(=O)O)nnn2-c2nc(C)c(C)s2)cc1. The van der Waals surface area contributed by atoms with E-state index < -0.39 is 5.97 Å². The summed E-state index contributed by atoms with van der Waals surface area (Å²) in [7, 11) is 0. The molecule has 6 nitrogen and oxygen atoms in total. The van der Waals surface area contributed by atoms with Crippen LogP contribution in [0.4, 0.5) is 0 Å². The maximum Gasteiger partial charge on any atom is 0.358 e. The maximum atomic E-state index is 11.4. The van der Waals surface area contributed by atoms with E-state index >= 15 is 0 Å². The third kappa shape index (κ3) is 2.39. The number of rotatable bonds is 3. The number of aryl methyl sites for hydroxylation is 3. The molecule has 22 heavy (non-hydrogen) atoms. The van der Waals surface area contributed by atoms with Crippen LogP contribution in [-0.2, 0) is 0 Å². The van der Waals surface area contributed by atoms with Gasteiger partial charge in [0.2, 0.25) is 5.13 Å². The molecule has 0 amide bonds. The smallest absolute Gasteiger partial charge is 0.358 e. The lowest BCUT2D eigenvalue weighted by molar-refractivity contribution is 0.0691. The Kier molecular flexibility index (Phi) is 3.50. The Bertz CT molecular complexity index is 830. The second kappa shape index (κ2) is 5.34. The van der Waals surface area contributed by atoms with E-state index in [9.17, 15) is 9.90 Å². The molecule has 0 atom stereocenters. The molecule has 0 spiro atoms. The van der Waals surface area contributed by atoms with E-state index in [-0.39, 0.29) is 5.69 Å². The highest BCUT2D eigenvalue weighted by atomic mass is 32.1. The minimum absolute atomic E-state index is 0.0747. The Balaban J connectivity index is 2.23. The second-order valence-corrected chi connectivity index (χ2v) is 6.19. The Labute approximate surface area is 131 Å². The number of aromatic carboxylic acids is 1. The third-order valence-electron chi connectivity index (χ3n) is 3.40. The Hall–Kier alpha value is -2.54. The lowest BCUT2D eigenvalue weighted by Gasteiger charge is -2.04. The van der Waals surface area contributed by atoms with Gasteiger partial charge in [0.05, 0.1) is 5.69 Å². The van der Waals surface area contributed by atoms with Crippen molar-refractivity contribution < 1.29 is 9.90 Å². The largest absolute Gasteiger partial charge is 0.476 e. The molecule has 112 valence electrons. The lowest BCUT2D eigenvalue weighted by atomic mass is 10.1. The molecule has 0 aliphatic rings. The monoisotopic (exact) mass is 314 g/mol. The van der Waals surface area contributed by atoms with Gasteiger partial charge in [0.1, 0.15) is 5.69 Å². The lowest BCUT2D eigenvalue weighted by Crippen LogP contribution is -2.03. The summed E-state index contributed by atoms with van der Waals surface area (Å²) >= 11 is 1.46. The van der Waals surface area contributed by atoms with Crippen LogP contribution in [0.1, 0.15) is 26.6 Å². The highest BCUT2D eigenvalue weighted by molar-refractivity contribution is 7.14. The van der Waals surface area contributed by atoms with Crippen molar-refractivity contribution in [3.05, 3.63) is 46.1 Å². The number of hydrogen-bond donors (Lipinski definition) is 1. The number of benzene rings is 1. The fourth-order valence-corrected chi connectivity index (χ4v) is 2.94. The van der Waals surface area contributed by atoms with E-state index in [1.807, 2.05) is 45.0 Å². The summed E-state index contributed by atoms with van der Waals surface area (Å²) in [5.74, 6) is -1.10. The van der Waals surface area contributed by atoms with Crippen LogP contribution in [-0.4, -0.2) is 31.1 Å². The summed E-state index contributed by atoms with van der Waals surface area (Å²) in [6.45, 7) is 5.86. The average molecular weight is 314 g/mol. The minimum Gasteiger partial charge on any atom is -0.476 e. The highest BCUT2D eigenvalue weighted by Crippen LogP contribution is 2.28. The molecule has 7 heteroatoms. The zero-order valence-corrected chi connectivity index (χ0v) is 13.2. The quantitative estimate of drug-likeness (QED) is 0.803. The zero-order chi connectivity index (χ0) is 15.9. The van der Waals surface area contributed by atoms with Gasteiger partial charge < -0.3 is 5.11 Å². The van der Waals surface area contributed by atoms with E-state index in [0.717, 1.165) is 21.7 Å². The van der Waals surface area contributed by atoms with Gasteiger partial charge in [0.15, 0.2) is 5.69 Å². The summed E-state index contributed by atoms with van der Waals surface area (Å²) < 4.78 is 1.50. The van der Waals surface area contributed by atoms with Crippen molar-refractivity contribution in [2.45, 2.75) is 20.8 Å². The Morgan fingerprint density at radius 3 is 2.41 bits per heavy atom. The predicted molar refractivity (Wildman–Crippen MR) is 83.6 cm³/mol. The summed E-state index contributed by atoms with van der Waals surface area (Å²) in [6, 6.07) is 7.59.